The summed E-state index contributed by atoms with van der Waals surface area (Å²) in [6, 6.07) is 4.83. The van der Waals surface area contributed by atoms with Crippen LogP contribution in [0.25, 0.3) is 0 Å². The molecule has 0 bridgehead atoms. The first-order valence-corrected chi connectivity index (χ1v) is 7.12. The SMILES string of the molecule is COc1ccc(OC)c(N2C[C@H](C(=O)NCC(F)(F)F)CC2=O)c1. The van der Waals surface area contributed by atoms with Gasteiger partial charge < -0.3 is 19.7 Å². The molecule has 1 N–H and O–H groups in total. The van der Waals surface area contributed by atoms with E-state index in [-0.39, 0.29) is 18.9 Å². The number of nitrogens with one attached hydrogen (secondary N) is 1. The van der Waals surface area contributed by atoms with E-state index in [2.05, 4.69) is 0 Å². The van der Waals surface area contributed by atoms with E-state index in [1.807, 2.05) is 5.32 Å². The van der Waals surface area contributed by atoms with Crippen molar-refractivity contribution < 1.29 is 32.2 Å². The Kier molecular flexibility index (Phi) is 5.20. The standard InChI is InChI=1S/C15H17F3N2O4/c1-23-10-3-4-12(24-2)11(6-10)20-7-9(5-13(20)21)14(22)19-8-15(16,17)18/h3-4,6,9H,5,7-8H2,1-2H3,(H,19,22)/t9-/m1/s1. The number of anilines is 1. The van der Waals surface area contributed by atoms with Gasteiger partial charge in [-0.05, 0) is 12.1 Å². The molecule has 1 atom stereocenters. The molecule has 1 aliphatic heterocycles. The number of hydrogen-bond acceptors (Lipinski definition) is 4. The molecule has 1 aromatic rings. The summed E-state index contributed by atoms with van der Waals surface area (Å²) >= 11 is 0. The summed E-state index contributed by atoms with van der Waals surface area (Å²) in [7, 11) is 2.89. The van der Waals surface area contributed by atoms with E-state index in [0.29, 0.717) is 17.2 Å². The van der Waals surface area contributed by atoms with E-state index < -0.39 is 24.5 Å². The molecular weight excluding hydrogens is 329 g/mol. The average Bonchev–Trinajstić information content (AvgIpc) is 2.93. The molecule has 0 unspecified atom stereocenters. The molecule has 2 rings (SSSR count). The summed E-state index contributed by atoms with van der Waals surface area (Å²) in [4.78, 5) is 25.4. The van der Waals surface area contributed by atoms with E-state index in [0.717, 1.165) is 0 Å². The van der Waals surface area contributed by atoms with Gasteiger partial charge in [0.25, 0.3) is 0 Å². The van der Waals surface area contributed by atoms with Crippen LogP contribution < -0.4 is 19.7 Å². The van der Waals surface area contributed by atoms with E-state index >= 15 is 0 Å². The second-order valence-electron chi connectivity index (χ2n) is 5.28. The predicted octanol–water partition coefficient (Wildman–Crippen LogP) is 1.74. The summed E-state index contributed by atoms with van der Waals surface area (Å²) < 4.78 is 46.8. The number of alkyl halides is 3. The summed E-state index contributed by atoms with van der Waals surface area (Å²) in [5.74, 6) is -1.13. The van der Waals surface area contributed by atoms with Crippen LogP contribution in [0.15, 0.2) is 18.2 Å². The van der Waals surface area contributed by atoms with Crippen molar-refractivity contribution in [2.24, 2.45) is 5.92 Å². The second kappa shape index (κ2) is 6.98. The van der Waals surface area contributed by atoms with Gasteiger partial charge in [-0.25, -0.2) is 0 Å². The van der Waals surface area contributed by atoms with Crippen LogP contribution in [0.5, 0.6) is 11.5 Å². The molecule has 0 aromatic heterocycles. The quantitative estimate of drug-likeness (QED) is 0.882. The molecule has 1 fully saturated rings. The molecular formula is C15H17F3N2O4. The zero-order valence-electron chi connectivity index (χ0n) is 13.1. The van der Waals surface area contributed by atoms with Gasteiger partial charge in [0.1, 0.15) is 18.0 Å². The first-order chi connectivity index (χ1) is 11.2. The largest absolute Gasteiger partial charge is 0.497 e. The maximum atomic E-state index is 12.2. The Morgan fingerprint density at radius 2 is 2.04 bits per heavy atom. The summed E-state index contributed by atoms with van der Waals surface area (Å²) in [6.07, 6.45) is -4.65. The van der Waals surface area contributed by atoms with Crippen molar-refractivity contribution in [2.75, 3.05) is 32.2 Å². The Morgan fingerprint density at radius 3 is 2.62 bits per heavy atom. The Morgan fingerprint density at radius 1 is 1.33 bits per heavy atom. The molecule has 1 aromatic carbocycles. The van der Waals surface area contributed by atoms with Crippen LogP contribution in [0.1, 0.15) is 6.42 Å². The minimum Gasteiger partial charge on any atom is -0.497 e. The van der Waals surface area contributed by atoms with Crippen molar-refractivity contribution in [3.05, 3.63) is 18.2 Å². The van der Waals surface area contributed by atoms with Crippen LogP contribution >= 0.6 is 0 Å². The minimum absolute atomic E-state index is 0.0218. The fraction of sp³-hybridized carbons (Fsp3) is 0.467. The molecule has 1 aliphatic rings. The highest BCUT2D eigenvalue weighted by atomic mass is 19.4. The van der Waals surface area contributed by atoms with Crippen molar-refractivity contribution in [2.45, 2.75) is 12.6 Å². The minimum atomic E-state index is -4.49. The number of nitrogens with zero attached hydrogens (tertiary/aromatic N) is 1. The third-order valence-electron chi connectivity index (χ3n) is 3.64. The lowest BCUT2D eigenvalue weighted by atomic mass is 10.1. The number of ether oxygens (including phenoxy) is 2. The highest BCUT2D eigenvalue weighted by Crippen LogP contribution is 2.36. The monoisotopic (exact) mass is 346 g/mol. The lowest BCUT2D eigenvalue weighted by Gasteiger charge is -2.20. The maximum Gasteiger partial charge on any atom is 0.405 e. The second-order valence-corrected chi connectivity index (χ2v) is 5.28. The first kappa shape index (κ1) is 17.9. The van der Waals surface area contributed by atoms with Gasteiger partial charge in [0.05, 0.1) is 25.8 Å². The third-order valence-corrected chi connectivity index (χ3v) is 3.64. The smallest absolute Gasteiger partial charge is 0.405 e. The Hall–Kier alpha value is -2.45. The number of halogens is 3. The summed E-state index contributed by atoms with van der Waals surface area (Å²) in [6.45, 7) is -1.44. The molecule has 132 valence electrons. The predicted molar refractivity (Wildman–Crippen MR) is 79.1 cm³/mol. The molecule has 0 saturated carbocycles. The van der Waals surface area contributed by atoms with Gasteiger partial charge in [0.15, 0.2) is 0 Å². The summed E-state index contributed by atoms with van der Waals surface area (Å²) in [5.41, 5.74) is 0.410. The van der Waals surface area contributed by atoms with Gasteiger partial charge in [-0.2, -0.15) is 13.2 Å². The lowest BCUT2D eigenvalue weighted by molar-refractivity contribution is -0.140. The Bertz CT molecular complexity index is 634. The molecule has 0 aliphatic carbocycles. The fourth-order valence-corrected chi connectivity index (χ4v) is 2.46. The highest BCUT2D eigenvalue weighted by Gasteiger charge is 2.38. The number of carbonyl (C=O) groups is 2. The van der Waals surface area contributed by atoms with Crippen LogP contribution in [-0.2, 0) is 9.59 Å². The van der Waals surface area contributed by atoms with Crippen LogP contribution in [-0.4, -0.2) is 45.3 Å². The van der Waals surface area contributed by atoms with Crippen LogP contribution in [0.4, 0.5) is 18.9 Å². The highest BCUT2D eigenvalue weighted by molar-refractivity contribution is 6.01. The normalized spacial score (nSPS) is 17.8. The van der Waals surface area contributed by atoms with Crippen molar-refractivity contribution in [3.63, 3.8) is 0 Å². The number of rotatable bonds is 5. The molecule has 0 spiro atoms. The first-order valence-electron chi connectivity index (χ1n) is 7.12. The number of carbonyl (C=O) groups excluding carboxylic acids is 2. The van der Waals surface area contributed by atoms with Crippen LogP contribution in [0.2, 0.25) is 0 Å². The molecule has 0 radical (unpaired) electrons. The topological polar surface area (TPSA) is 67.9 Å². The van der Waals surface area contributed by atoms with Crippen molar-refractivity contribution >= 4 is 17.5 Å². The molecule has 24 heavy (non-hydrogen) atoms. The van der Waals surface area contributed by atoms with E-state index in [1.165, 1.54) is 19.1 Å². The zero-order chi connectivity index (χ0) is 17.9. The molecule has 9 heteroatoms. The lowest BCUT2D eigenvalue weighted by Crippen LogP contribution is -2.38. The van der Waals surface area contributed by atoms with Gasteiger partial charge in [-0.15, -0.1) is 0 Å². The van der Waals surface area contributed by atoms with Crippen LogP contribution in [0.3, 0.4) is 0 Å². The van der Waals surface area contributed by atoms with Gasteiger partial charge in [-0.3, -0.25) is 9.59 Å². The molecule has 2 amide bonds. The molecule has 1 saturated heterocycles. The number of hydrogen-bond donors (Lipinski definition) is 1. The van der Waals surface area contributed by atoms with E-state index in [4.69, 9.17) is 9.47 Å². The molecule has 6 nitrogen and oxygen atoms in total. The fourth-order valence-electron chi connectivity index (χ4n) is 2.46. The number of benzene rings is 1. The summed E-state index contributed by atoms with van der Waals surface area (Å²) in [5, 5.41) is 1.81. The molecule has 1 heterocycles. The Balaban J connectivity index is 2.14. The number of methoxy groups -OCH3 is 2. The van der Waals surface area contributed by atoms with Gasteiger partial charge >= 0.3 is 6.18 Å². The van der Waals surface area contributed by atoms with Gasteiger partial charge in [0, 0.05) is 19.0 Å². The van der Waals surface area contributed by atoms with E-state index in [1.54, 1.807) is 18.2 Å². The van der Waals surface area contributed by atoms with Crippen molar-refractivity contribution in [1.29, 1.82) is 0 Å². The average molecular weight is 346 g/mol. The maximum absolute atomic E-state index is 12.2. The number of amides is 2. The van der Waals surface area contributed by atoms with Gasteiger partial charge in [-0.1, -0.05) is 0 Å². The third kappa shape index (κ3) is 4.09. The van der Waals surface area contributed by atoms with E-state index in [9.17, 15) is 22.8 Å². The zero-order valence-corrected chi connectivity index (χ0v) is 13.1. The van der Waals surface area contributed by atoms with Crippen molar-refractivity contribution in [3.8, 4) is 11.5 Å². The van der Waals surface area contributed by atoms with Crippen LogP contribution in [0, 0.1) is 5.92 Å². The Labute approximate surface area is 136 Å². The van der Waals surface area contributed by atoms with Crippen molar-refractivity contribution in [1.82, 2.24) is 5.32 Å². The van der Waals surface area contributed by atoms with Gasteiger partial charge in [0.2, 0.25) is 11.8 Å².